The highest BCUT2D eigenvalue weighted by Gasteiger charge is 2.21. The molecule has 33 heavy (non-hydrogen) atoms. The van der Waals surface area contributed by atoms with E-state index in [1.54, 1.807) is 0 Å². The highest BCUT2D eigenvalue weighted by molar-refractivity contribution is 6.05. The van der Waals surface area contributed by atoms with Gasteiger partial charge in [0.2, 0.25) is 0 Å². The topological polar surface area (TPSA) is 76.3 Å². The Morgan fingerprint density at radius 3 is 2.70 bits per heavy atom. The van der Waals surface area contributed by atoms with Crippen molar-refractivity contribution in [2.45, 2.75) is 38.8 Å². The van der Waals surface area contributed by atoms with Gasteiger partial charge in [0, 0.05) is 50.0 Å². The van der Waals surface area contributed by atoms with Crippen LogP contribution in [-0.2, 0) is 13.0 Å². The molecule has 1 amide bonds. The van der Waals surface area contributed by atoms with Gasteiger partial charge in [0.1, 0.15) is 5.82 Å². The second kappa shape index (κ2) is 10.0. The molecule has 174 valence electrons. The number of amides is 1. The zero-order valence-electron chi connectivity index (χ0n) is 19.4. The number of nitrogens with one attached hydrogen (secondary N) is 3. The van der Waals surface area contributed by atoms with Gasteiger partial charge in [-0.3, -0.25) is 9.69 Å². The van der Waals surface area contributed by atoms with Gasteiger partial charge in [0.05, 0.1) is 17.6 Å². The molecule has 2 aromatic carbocycles. The number of benzene rings is 2. The van der Waals surface area contributed by atoms with Crippen molar-refractivity contribution in [2.75, 3.05) is 44.6 Å². The number of likely N-dealkylation sites (tertiary alicyclic amines) is 1. The minimum atomic E-state index is -0.0892. The maximum absolute atomic E-state index is 12.8. The number of piperazine rings is 1. The number of carbonyl (C=O) groups is 1. The van der Waals surface area contributed by atoms with Crippen LogP contribution >= 0.6 is 0 Å². The summed E-state index contributed by atoms with van der Waals surface area (Å²) in [5, 5.41) is 6.42. The summed E-state index contributed by atoms with van der Waals surface area (Å²) in [6, 6.07) is 14.5. The van der Waals surface area contributed by atoms with Crippen LogP contribution in [0.4, 0.5) is 5.69 Å². The molecule has 0 saturated carbocycles. The van der Waals surface area contributed by atoms with Crippen molar-refractivity contribution >= 4 is 22.6 Å². The maximum atomic E-state index is 12.8. The highest BCUT2D eigenvalue weighted by atomic mass is 16.1. The van der Waals surface area contributed by atoms with Gasteiger partial charge in [0.25, 0.3) is 5.91 Å². The van der Waals surface area contributed by atoms with E-state index in [2.05, 4.69) is 44.5 Å². The van der Waals surface area contributed by atoms with Crippen molar-refractivity contribution in [1.82, 2.24) is 25.1 Å². The van der Waals surface area contributed by atoms with Crippen LogP contribution < -0.4 is 10.6 Å². The third-order valence-electron chi connectivity index (χ3n) is 6.97. The molecule has 0 aliphatic carbocycles. The summed E-state index contributed by atoms with van der Waals surface area (Å²) >= 11 is 0. The van der Waals surface area contributed by atoms with Crippen LogP contribution in [0, 0.1) is 0 Å². The quantitative estimate of drug-likeness (QED) is 0.519. The summed E-state index contributed by atoms with van der Waals surface area (Å²) in [7, 11) is 0. The Kier molecular flexibility index (Phi) is 6.71. The molecule has 2 saturated heterocycles. The lowest BCUT2D eigenvalue weighted by molar-refractivity contribution is 0.102. The summed E-state index contributed by atoms with van der Waals surface area (Å²) in [6.45, 7) is 9.69. The second-order valence-corrected chi connectivity index (χ2v) is 9.37. The number of nitrogens with zero attached hydrogens (tertiary/aromatic N) is 3. The van der Waals surface area contributed by atoms with E-state index in [1.807, 2.05) is 30.3 Å². The number of hydrogen-bond donors (Lipinski definition) is 3. The van der Waals surface area contributed by atoms with Gasteiger partial charge < -0.3 is 20.5 Å². The Morgan fingerprint density at radius 1 is 1.12 bits per heavy atom. The smallest absolute Gasteiger partial charge is 0.255 e. The predicted molar refractivity (Wildman–Crippen MR) is 133 cm³/mol. The van der Waals surface area contributed by atoms with E-state index in [4.69, 9.17) is 4.98 Å². The third kappa shape index (κ3) is 5.43. The first-order valence-electron chi connectivity index (χ1n) is 12.2. The van der Waals surface area contributed by atoms with Crippen LogP contribution in [0.1, 0.15) is 41.5 Å². The molecule has 0 radical (unpaired) electrons. The van der Waals surface area contributed by atoms with Gasteiger partial charge in [-0.25, -0.2) is 4.98 Å². The molecule has 3 N–H and O–H groups in total. The summed E-state index contributed by atoms with van der Waals surface area (Å²) in [4.78, 5) is 25.9. The van der Waals surface area contributed by atoms with Crippen LogP contribution in [0.15, 0.2) is 42.5 Å². The number of rotatable bonds is 7. The summed E-state index contributed by atoms with van der Waals surface area (Å²) in [5.41, 5.74) is 4.61. The summed E-state index contributed by atoms with van der Waals surface area (Å²) in [5.74, 6) is 0.896. The van der Waals surface area contributed by atoms with E-state index in [0.29, 0.717) is 11.6 Å². The van der Waals surface area contributed by atoms with Gasteiger partial charge in [-0.1, -0.05) is 12.1 Å². The SMILES string of the molecule is C[C@H]1CCCN1Cc1nc2ccc(NC(=O)c3ccc(CCN4CCNCC4)cc3)cc2[nH]1. The summed E-state index contributed by atoms with van der Waals surface area (Å²) < 4.78 is 0. The van der Waals surface area contributed by atoms with E-state index < -0.39 is 0 Å². The van der Waals surface area contributed by atoms with Gasteiger partial charge in [-0.2, -0.15) is 0 Å². The van der Waals surface area contributed by atoms with Gasteiger partial charge in [0.15, 0.2) is 0 Å². The Balaban J connectivity index is 1.18. The first kappa shape index (κ1) is 22.1. The lowest BCUT2D eigenvalue weighted by Crippen LogP contribution is -2.44. The van der Waals surface area contributed by atoms with Crippen LogP contribution in [-0.4, -0.2) is 71.0 Å². The molecule has 2 fully saturated rings. The molecule has 0 bridgehead atoms. The van der Waals surface area contributed by atoms with Crippen molar-refractivity contribution in [3.8, 4) is 0 Å². The molecule has 7 nitrogen and oxygen atoms in total. The van der Waals surface area contributed by atoms with E-state index >= 15 is 0 Å². The molecule has 5 rings (SSSR count). The van der Waals surface area contributed by atoms with Crippen molar-refractivity contribution in [1.29, 1.82) is 0 Å². The average molecular weight is 447 g/mol. The molecule has 2 aliphatic heterocycles. The number of H-pyrrole nitrogens is 1. The van der Waals surface area contributed by atoms with E-state index in [1.165, 1.54) is 18.4 Å². The fraction of sp³-hybridized carbons (Fsp3) is 0.462. The van der Waals surface area contributed by atoms with Crippen molar-refractivity contribution in [3.05, 3.63) is 59.4 Å². The van der Waals surface area contributed by atoms with E-state index in [9.17, 15) is 4.79 Å². The maximum Gasteiger partial charge on any atom is 0.255 e. The van der Waals surface area contributed by atoms with Crippen LogP contribution in [0.25, 0.3) is 11.0 Å². The van der Waals surface area contributed by atoms with Crippen molar-refractivity contribution in [2.24, 2.45) is 0 Å². The average Bonchev–Trinajstić information content (AvgIpc) is 3.43. The Labute approximate surface area is 195 Å². The zero-order valence-corrected chi connectivity index (χ0v) is 19.4. The minimum Gasteiger partial charge on any atom is -0.341 e. The van der Waals surface area contributed by atoms with Crippen LogP contribution in [0.5, 0.6) is 0 Å². The van der Waals surface area contributed by atoms with Gasteiger partial charge in [-0.05, 0) is 68.6 Å². The monoisotopic (exact) mass is 446 g/mol. The number of hydrogen-bond acceptors (Lipinski definition) is 5. The van der Waals surface area contributed by atoms with Crippen LogP contribution in [0.2, 0.25) is 0 Å². The molecule has 7 heteroatoms. The Morgan fingerprint density at radius 2 is 1.94 bits per heavy atom. The Bertz CT molecular complexity index is 1090. The fourth-order valence-corrected chi connectivity index (χ4v) is 4.88. The molecule has 2 aliphatic rings. The molecule has 0 spiro atoms. The molecule has 1 aromatic heterocycles. The lowest BCUT2D eigenvalue weighted by Gasteiger charge is -2.27. The molecular weight excluding hydrogens is 412 g/mol. The second-order valence-electron chi connectivity index (χ2n) is 9.37. The summed E-state index contributed by atoms with van der Waals surface area (Å²) in [6.07, 6.45) is 3.53. The highest BCUT2D eigenvalue weighted by Crippen LogP contribution is 2.22. The fourth-order valence-electron chi connectivity index (χ4n) is 4.88. The number of carbonyl (C=O) groups excluding carboxylic acids is 1. The molecule has 3 aromatic rings. The standard InChI is InChI=1S/C26H34N6O/c1-19-3-2-13-32(19)18-25-29-23-9-8-22(17-24(23)30-25)28-26(33)21-6-4-20(5-7-21)10-14-31-15-11-27-12-16-31/h4-9,17,19,27H,2-3,10-16,18H2,1H3,(H,28,33)(H,29,30)/t19-/m0/s1. The van der Waals surface area contributed by atoms with Crippen LogP contribution in [0.3, 0.4) is 0 Å². The molecule has 3 heterocycles. The van der Waals surface area contributed by atoms with E-state index in [-0.39, 0.29) is 5.91 Å². The van der Waals surface area contributed by atoms with Gasteiger partial charge >= 0.3 is 0 Å². The number of aromatic amines is 1. The predicted octanol–water partition coefficient (Wildman–Crippen LogP) is 3.25. The number of anilines is 1. The molecule has 0 unspecified atom stereocenters. The third-order valence-corrected chi connectivity index (χ3v) is 6.97. The number of aromatic nitrogens is 2. The van der Waals surface area contributed by atoms with Crippen molar-refractivity contribution in [3.63, 3.8) is 0 Å². The van der Waals surface area contributed by atoms with E-state index in [0.717, 1.165) is 74.8 Å². The lowest BCUT2D eigenvalue weighted by atomic mass is 10.1. The minimum absolute atomic E-state index is 0.0892. The van der Waals surface area contributed by atoms with Gasteiger partial charge in [-0.15, -0.1) is 0 Å². The van der Waals surface area contributed by atoms with Crippen molar-refractivity contribution < 1.29 is 4.79 Å². The normalized spacial score (nSPS) is 19.8. The molecule has 1 atom stereocenters. The Hall–Kier alpha value is -2.74. The zero-order chi connectivity index (χ0) is 22.6. The molecular formula is C26H34N6O. The number of imidazole rings is 1. The first-order chi connectivity index (χ1) is 16.1. The largest absolute Gasteiger partial charge is 0.341 e. The number of fused-ring (bicyclic) bond motifs is 1. The first-order valence-corrected chi connectivity index (χ1v) is 12.2.